The van der Waals surface area contributed by atoms with Crippen LogP contribution in [0.1, 0.15) is 5.69 Å². The molecule has 0 saturated heterocycles. The quantitative estimate of drug-likeness (QED) is 0.687. The van der Waals surface area contributed by atoms with E-state index in [0.29, 0.717) is 0 Å². The number of para-hydroxylation sites is 1. The van der Waals surface area contributed by atoms with Crippen LogP contribution in [0.3, 0.4) is 0 Å². The minimum Gasteiger partial charge on any atom is -0.233 e. The maximum atomic E-state index is 4.37. The van der Waals surface area contributed by atoms with Gasteiger partial charge in [0.05, 0.1) is 29.5 Å². The molecular formula is C14H12N4. The number of hydrogen-bond acceptors (Lipinski definition) is 3. The second-order valence-electron chi connectivity index (χ2n) is 3.99. The predicted octanol–water partition coefficient (Wildman–Crippen LogP) is 2.64. The SMILES string of the molecule is Cc1nnccc1-c1ccnn1-c1ccccc1. The highest BCUT2D eigenvalue weighted by atomic mass is 15.3. The summed E-state index contributed by atoms with van der Waals surface area (Å²) in [5, 5.41) is 12.3. The zero-order valence-electron chi connectivity index (χ0n) is 9.99. The summed E-state index contributed by atoms with van der Waals surface area (Å²) >= 11 is 0. The molecule has 0 atom stereocenters. The first-order valence-corrected chi connectivity index (χ1v) is 5.74. The Morgan fingerprint density at radius 3 is 2.56 bits per heavy atom. The van der Waals surface area contributed by atoms with E-state index in [1.54, 1.807) is 12.4 Å². The molecule has 0 spiro atoms. The minimum atomic E-state index is 0.898. The van der Waals surface area contributed by atoms with Crippen molar-refractivity contribution < 1.29 is 0 Å². The van der Waals surface area contributed by atoms with E-state index in [2.05, 4.69) is 15.3 Å². The van der Waals surface area contributed by atoms with E-state index in [1.165, 1.54) is 0 Å². The number of benzene rings is 1. The lowest BCUT2D eigenvalue weighted by Crippen LogP contribution is -2.00. The molecule has 3 aromatic rings. The van der Waals surface area contributed by atoms with Crippen molar-refractivity contribution in [2.75, 3.05) is 0 Å². The van der Waals surface area contributed by atoms with Gasteiger partial charge in [-0.2, -0.15) is 15.3 Å². The second kappa shape index (κ2) is 4.41. The molecule has 88 valence electrons. The third-order valence-corrected chi connectivity index (χ3v) is 2.82. The molecule has 4 heteroatoms. The normalized spacial score (nSPS) is 10.5. The van der Waals surface area contributed by atoms with Gasteiger partial charge in [-0.1, -0.05) is 18.2 Å². The summed E-state index contributed by atoms with van der Waals surface area (Å²) in [6, 6.07) is 14.0. The third kappa shape index (κ3) is 1.78. The Hall–Kier alpha value is -2.49. The fraction of sp³-hybridized carbons (Fsp3) is 0.0714. The lowest BCUT2D eigenvalue weighted by Gasteiger charge is -2.08. The molecule has 0 saturated carbocycles. The van der Waals surface area contributed by atoms with Crippen LogP contribution in [0.25, 0.3) is 16.9 Å². The average molecular weight is 236 g/mol. The Morgan fingerprint density at radius 2 is 1.78 bits per heavy atom. The van der Waals surface area contributed by atoms with Gasteiger partial charge in [0.15, 0.2) is 0 Å². The van der Waals surface area contributed by atoms with Crippen molar-refractivity contribution in [3.05, 3.63) is 60.6 Å². The van der Waals surface area contributed by atoms with E-state index in [9.17, 15) is 0 Å². The second-order valence-corrected chi connectivity index (χ2v) is 3.99. The number of rotatable bonds is 2. The molecule has 2 aromatic heterocycles. The number of hydrogen-bond donors (Lipinski definition) is 0. The van der Waals surface area contributed by atoms with Gasteiger partial charge in [0.2, 0.25) is 0 Å². The standard InChI is InChI=1S/C14H12N4/c1-11-13(7-9-15-17-11)14-8-10-16-18(14)12-5-3-2-4-6-12/h2-10H,1H3. The van der Waals surface area contributed by atoms with Crippen molar-refractivity contribution in [3.8, 4) is 16.9 Å². The van der Waals surface area contributed by atoms with Crippen LogP contribution in [0.5, 0.6) is 0 Å². The van der Waals surface area contributed by atoms with Gasteiger partial charge in [-0.3, -0.25) is 0 Å². The molecule has 1 aromatic carbocycles. The van der Waals surface area contributed by atoms with Crippen molar-refractivity contribution in [2.24, 2.45) is 0 Å². The van der Waals surface area contributed by atoms with E-state index >= 15 is 0 Å². The van der Waals surface area contributed by atoms with E-state index in [4.69, 9.17) is 0 Å². The molecule has 0 N–H and O–H groups in total. The summed E-state index contributed by atoms with van der Waals surface area (Å²) in [4.78, 5) is 0. The summed E-state index contributed by atoms with van der Waals surface area (Å²) in [5.74, 6) is 0. The Morgan fingerprint density at radius 1 is 0.944 bits per heavy atom. The smallest absolute Gasteiger partial charge is 0.0760 e. The summed E-state index contributed by atoms with van der Waals surface area (Å²) in [5.41, 5.74) is 4.00. The first kappa shape index (κ1) is 10.7. The maximum absolute atomic E-state index is 4.37. The maximum Gasteiger partial charge on any atom is 0.0760 e. The molecule has 0 fully saturated rings. The topological polar surface area (TPSA) is 43.6 Å². The van der Waals surface area contributed by atoms with Gasteiger partial charge in [0.25, 0.3) is 0 Å². The van der Waals surface area contributed by atoms with E-state index in [1.807, 2.05) is 54.1 Å². The Bertz CT molecular complexity index is 658. The first-order valence-electron chi connectivity index (χ1n) is 5.74. The fourth-order valence-electron chi connectivity index (χ4n) is 1.96. The van der Waals surface area contributed by atoms with Gasteiger partial charge in [-0.05, 0) is 31.2 Å². The lowest BCUT2D eigenvalue weighted by molar-refractivity contribution is 0.882. The van der Waals surface area contributed by atoms with Crippen molar-refractivity contribution in [3.63, 3.8) is 0 Å². The molecule has 0 aliphatic rings. The summed E-state index contributed by atoms with van der Waals surface area (Å²) in [6.45, 7) is 1.95. The van der Waals surface area contributed by atoms with Crippen LogP contribution in [-0.4, -0.2) is 20.0 Å². The van der Waals surface area contributed by atoms with Crippen LogP contribution in [-0.2, 0) is 0 Å². The summed E-state index contributed by atoms with van der Waals surface area (Å²) in [7, 11) is 0. The summed E-state index contributed by atoms with van der Waals surface area (Å²) in [6.07, 6.45) is 3.49. The van der Waals surface area contributed by atoms with Gasteiger partial charge in [0.1, 0.15) is 0 Å². The molecule has 0 aliphatic carbocycles. The summed E-state index contributed by atoms with van der Waals surface area (Å²) < 4.78 is 1.91. The molecule has 4 nitrogen and oxygen atoms in total. The molecule has 18 heavy (non-hydrogen) atoms. The molecule has 0 bridgehead atoms. The Labute approximate surface area is 105 Å². The van der Waals surface area contributed by atoms with Crippen LogP contribution < -0.4 is 0 Å². The van der Waals surface area contributed by atoms with Crippen molar-refractivity contribution >= 4 is 0 Å². The van der Waals surface area contributed by atoms with Crippen LogP contribution in [0.4, 0.5) is 0 Å². The van der Waals surface area contributed by atoms with Crippen LogP contribution in [0, 0.1) is 6.92 Å². The molecular weight excluding hydrogens is 224 g/mol. The highest BCUT2D eigenvalue weighted by Gasteiger charge is 2.09. The third-order valence-electron chi connectivity index (χ3n) is 2.82. The molecule has 2 heterocycles. The van der Waals surface area contributed by atoms with E-state index in [0.717, 1.165) is 22.6 Å². The van der Waals surface area contributed by atoms with Crippen molar-refractivity contribution in [1.29, 1.82) is 0 Å². The highest BCUT2D eigenvalue weighted by Crippen LogP contribution is 2.23. The van der Waals surface area contributed by atoms with E-state index < -0.39 is 0 Å². The molecule has 3 rings (SSSR count). The molecule has 0 aliphatic heterocycles. The van der Waals surface area contributed by atoms with E-state index in [-0.39, 0.29) is 0 Å². The molecule has 0 radical (unpaired) electrons. The monoisotopic (exact) mass is 236 g/mol. The van der Waals surface area contributed by atoms with Gasteiger partial charge < -0.3 is 0 Å². The highest BCUT2D eigenvalue weighted by molar-refractivity contribution is 5.63. The van der Waals surface area contributed by atoms with Crippen LogP contribution in [0.15, 0.2) is 54.9 Å². The minimum absolute atomic E-state index is 0.898. The number of nitrogens with zero attached hydrogens (tertiary/aromatic N) is 4. The number of aryl methyl sites for hydroxylation is 1. The molecule has 0 amide bonds. The lowest BCUT2D eigenvalue weighted by atomic mass is 10.1. The Balaban J connectivity index is 2.16. The van der Waals surface area contributed by atoms with Gasteiger partial charge in [-0.15, -0.1) is 0 Å². The first-order chi connectivity index (χ1) is 8.86. The zero-order chi connectivity index (χ0) is 12.4. The van der Waals surface area contributed by atoms with Crippen LogP contribution in [0.2, 0.25) is 0 Å². The largest absolute Gasteiger partial charge is 0.233 e. The van der Waals surface area contributed by atoms with Crippen LogP contribution >= 0.6 is 0 Å². The fourth-order valence-corrected chi connectivity index (χ4v) is 1.96. The Kier molecular flexibility index (Phi) is 2.61. The van der Waals surface area contributed by atoms with Crippen molar-refractivity contribution in [1.82, 2.24) is 20.0 Å². The van der Waals surface area contributed by atoms with Gasteiger partial charge in [-0.25, -0.2) is 4.68 Å². The van der Waals surface area contributed by atoms with Crippen molar-refractivity contribution in [2.45, 2.75) is 6.92 Å². The zero-order valence-corrected chi connectivity index (χ0v) is 9.99. The average Bonchev–Trinajstić information content (AvgIpc) is 2.89. The number of aromatic nitrogens is 4. The predicted molar refractivity (Wildman–Crippen MR) is 69.3 cm³/mol. The van der Waals surface area contributed by atoms with Gasteiger partial charge in [0, 0.05) is 5.56 Å². The van der Waals surface area contributed by atoms with Gasteiger partial charge >= 0.3 is 0 Å². The molecule has 0 unspecified atom stereocenters.